The van der Waals surface area contributed by atoms with E-state index in [1.807, 2.05) is 39.8 Å². The van der Waals surface area contributed by atoms with Gasteiger partial charge in [-0.15, -0.1) is 11.3 Å². The molecule has 0 saturated carbocycles. The van der Waals surface area contributed by atoms with Gasteiger partial charge in [0.05, 0.1) is 15.8 Å². The van der Waals surface area contributed by atoms with Crippen LogP contribution < -0.4 is 5.32 Å². The summed E-state index contributed by atoms with van der Waals surface area (Å²) in [5.74, 6) is 0. The Morgan fingerprint density at radius 2 is 2.15 bits per heavy atom. The molecule has 0 aliphatic rings. The number of carbonyl (C=O) groups is 1. The fourth-order valence-electron chi connectivity index (χ4n) is 1.66. The van der Waals surface area contributed by atoms with Gasteiger partial charge in [-0.2, -0.15) is 0 Å². The third-order valence-electron chi connectivity index (χ3n) is 2.49. The highest BCUT2D eigenvalue weighted by molar-refractivity contribution is 7.18. The standard InChI is InChI=1S/C14H17ClN2O2S/c1-8(16-13(18)19-14(2,3)4)12-17-11-9(15)6-5-7-10(11)20-12/h5-8H,1-4H3,(H,16,18). The zero-order valence-corrected chi connectivity index (χ0v) is 13.4. The van der Waals surface area contributed by atoms with Gasteiger partial charge in [-0.3, -0.25) is 0 Å². The molecule has 1 unspecified atom stereocenters. The third kappa shape index (κ3) is 3.61. The number of thiazole rings is 1. The smallest absolute Gasteiger partial charge is 0.408 e. The number of nitrogens with zero attached hydrogens (tertiary/aromatic N) is 1. The summed E-state index contributed by atoms with van der Waals surface area (Å²) in [5.41, 5.74) is 0.257. The molecule has 4 nitrogen and oxygen atoms in total. The number of fused-ring (bicyclic) bond motifs is 1. The van der Waals surface area contributed by atoms with Crippen LogP contribution in [0.5, 0.6) is 0 Å². The van der Waals surface area contributed by atoms with Crippen LogP contribution in [0.1, 0.15) is 38.7 Å². The first-order valence-corrected chi connectivity index (χ1v) is 7.50. The Morgan fingerprint density at radius 1 is 1.45 bits per heavy atom. The second kappa shape index (κ2) is 5.58. The van der Waals surface area contributed by atoms with Gasteiger partial charge < -0.3 is 10.1 Å². The number of amides is 1. The van der Waals surface area contributed by atoms with Crippen molar-refractivity contribution >= 4 is 39.2 Å². The molecule has 1 heterocycles. The van der Waals surface area contributed by atoms with Crippen LogP contribution in [0, 0.1) is 0 Å². The van der Waals surface area contributed by atoms with E-state index in [9.17, 15) is 4.79 Å². The van der Waals surface area contributed by atoms with E-state index >= 15 is 0 Å². The lowest BCUT2D eigenvalue weighted by atomic mass is 10.2. The zero-order chi connectivity index (χ0) is 14.9. The monoisotopic (exact) mass is 312 g/mol. The number of alkyl carbamates (subject to hydrolysis) is 1. The first kappa shape index (κ1) is 15.1. The number of benzene rings is 1. The average molecular weight is 313 g/mol. The summed E-state index contributed by atoms with van der Waals surface area (Å²) in [6.45, 7) is 7.35. The van der Waals surface area contributed by atoms with Crippen molar-refractivity contribution in [3.8, 4) is 0 Å². The highest BCUT2D eigenvalue weighted by Gasteiger charge is 2.20. The molecule has 2 aromatic rings. The second-order valence-electron chi connectivity index (χ2n) is 5.51. The predicted octanol–water partition coefficient (Wildman–Crippen LogP) is 4.54. The minimum Gasteiger partial charge on any atom is -0.444 e. The Labute approximate surface area is 127 Å². The van der Waals surface area contributed by atoms with E-state index in [0.717, 1.165) is 15.2 Å². The minimum absolute atomic E-state index is 0.224. The molecular weight excluding hydrogens is 296 g/mol. The van der Waals surface area contributed by atoms with Gasteiger partial charge in [0.1, 0.15) is 16.1 Å². The van der Waals surface area contributed by atoms with Crippen molar-refractivity contribution in [1.29, 1.82) is 0 Å². The largest absolute Gasteiger partial charge is 0.444 e. The molecule has 0 saturated heterocycles. The van der Waals surface area contributed by atoms with Crippen LogP contribution in [0.15, 0.2) is 18.2 Å². The summed E-state index contributed by atoms with van der Waals surface area (Å²) in [6, 6.07) is 5.43. The van der Waals surface area contributed by atoms with Gasteiger partial charge in [0.2, 0.25) is 0 Å². The van der Waals surface area contributed by atoms with Crippen molar-refractivity contribution in [3.63, 3.8) is 0 Å². The minimum atomic E-state index is -0.513. The van der Waals surface area contributed by atoms with Crippen molar-refractivity contribution in [2.24, 2.45) is 0 Å². The summed E-state index contributed by atoms with van der Waals surface area (Å²) >= 11 is 7.61. The van der Waals surface area contributed by atoms with Gasteiger partial charge in [-0.1, -0.05) is 17.7 Å². The maximum atomic E-state index is 11.7. The van der Waals surface area contributed by atoms with Crippen LogP contribution in [0.4, 0.5) is 4.79 Å². The number of carbonyl (C=O) groups excluding carboxylic acids is 1. The molecule has 1 aromatic heterocycles. The van der Waals surface area contributed by atoms with Crippen LogP contribution in [0.25, 0.3) is 10.2 Å². The second-order valence-corrected chi connectivity index (χ2v) is 6.98. The van der Waals surface area contributed by atoms with Crippen LogP contribution in [0.3, 0.4) is 0 Å². The molecule has 1 atom stereocenters. The Bertz CT molecular complexity index is 634. The van der Waals surface area contributed by atoms with Gasteiger partial charge in [0, 0.05) is 0 Å². The molecule has 1 N–H and O–H groups in total. The number of para-hydroxylation sites is 1. The van der Waals surface area contributed by atoms with Crippen molar-refractivity contribution in [2.45, 2.75) is 39.3 Å². The molecule has 6 heteroatoms. The molecule has 0 spiro atoms. The Hall–Kier alpha value is -1.33. The number of hydrogen-bond donors (Lipinski definition) is 1. The number of hydrogen-bond acceptors (Lipinski definition) is 4. The van der Waals surface area contributed by atoms with Crippen LogP contribution in [0.2, 0.25) is 5.02 Å². The van der Waals surface area contributed by atoms with E-state index in [1.54, 1.807) is 6.07 Å². The fourth-order valence-corrected chi connectivity index (χ4v) is 2.93. The van der Waals surface area contributed by atoms with Crippen LogP contribution in [-0.2, 0) is 4.74 Å². The lowest BCUT2D eigenvalue weighted by Gasteiger charge is -2.21. The van der Waals surface area contributed by atoms with Gasteiger partial charge in [0.15, 0.2) is 0 Å². The number of ether oxygens (including phenoxy) is 1. The summed E-state index contributed by atoms with van der Waals surface area (Å²) in [7, 11) is 0. The highest BCUT2D eigenvalue weighted by Crippen LogP contribution is 2.30. The first-order valence-electron chi connectivity index (χ1n) is 6.31. The van der Waals surface area contributed by atoms with Crippen LogP contribution >= 0.6 is 22.9 Å². The molecular formula is C14H17ClN2O2S. The molecule has 0 fully saturated rings. The van der Waals surface area contributed by atoms with E-state index in [1.165, 1.54) is 11.3 Å². The fraction of sp³-hybridized carbons (Fsp3) is 0.429. The Balaban J connectivity index is 2.13. The first-order chi connectivity index (χ1) is 9.26. The van der Waals surface area contributed by atoms with Gasteiger partial charge in [-0.05, 0) is 39.8 Å². The molecule has 2 rings (SSSR count). The van der Waals surface area contributed by atoms with E-state index < -0.39 is 11.7 Å². The molecule has 1 aromatic carbocycles. The van der Waals surface area contributed by atoms with Crippen molar-refractivity contribution in [2.75, 3.05) is 0 Å². The average Bonchev–Trinajstić information content (AvgIpc) is 2.71. The maximum Gasteiger partial charge on any atom is 0.408 e. The van der Waals surface area contributed by atoms with E-state index in [0.29, 0.717) is 5.02 Å². The van der Waals surface area contributed by atoms with Crippen molar-refractivity contribution in [3.05, 3.63) is 28.2 Å². The number of halogens is 1. The molecule has 108 valence electrons. The quantitative estimate of drug-likeness (QED) is 0.886. The molecule has 0 radical (unpaired) electrons. The SMILES string of the molecule is CC(NC(=O)OC(C)(C)C)c1nc2c(Cl)cccc2s1. The number of rotatable bonds is 2. The molecule has 20 heavy (non-hydrogen) atoms. The van der Waals surface area contributed by atoms with Crippen molar-refractivity contribution < 1.29 is 9.53 Å². The lowest BCUT2D eigenvalue weighted by Crippen LogP contribution is -2.33. The predicted molar refractivity (Wildman–Crippen MR) is 82.4 cm³/mol. The zero-order valence-electron chi connectivity index (χ0n) is 11.9. The summed E-state index contributed by atoms with van der Waals surface area (Å²) in [6.07, 6.45) is -0.449. The van der Waals surface area contributed by atoms with Crippen molar-refractivity contribution in [1.82, 2.24) is 10.3 Å². The maximum absolute atomic E-state index is 11.7. The summed E-state index contributed by atoms with van der Waals surface area (Å²) in [5, 5.41) is 4.20. The molecule has 0 aliphatic carbocycles. The Kier molecular flexibility index (Phi) is 4.20. The van der Waals surface area contributed by atoms with Gasteiger partial charge in [-0.25, -0.2) is 9.78 Å². The van der Waals surface area contributed by atoms with Crippen LogP contribution in [-0.4, -0.2) is 16.7 Å². The molecule has 1 amide bonds. The van der Waals surface area contributed by atoms with Gasteiger partial charge >= 0.3 is 6.09 Å². The van der Waals surface area contributed by atoms with E-state index in [-0.39, 0.29) is 6.04 Å². The Morgan fingerprint density at radius 3 is 2.75 bits per heavy atom. The highest BCUT2D eigenvalue weighted by atomic mass is 35.5. The summed E-state index contributed by atoms with van der Waals surface area (Å²) in [4.78, 5) is 16.2. The normalized spacial score (nSPS) is 13.2. The van der Waals surface area contributed by atoms with Gasteiger partial charge in [0.25, 0.3) is 0 Å². The lowest BCUT2D eigenvalue weighted by molar-refractivity contribution is 0.0508. The topological polar surface area (TPSA) is 51.2 Å². The number of aromatic nitrogens is 1. The van der Waals surface area contributed by atoms with E-state index in [4.69, 9.17) is 16.3 Å². The third-order valence-corrected chi connectivity index (χ3v) is 4.00. The molecule has 0 bridgehead atoms. The van der Waals surface area contributed by atoms with E-state index in [2.05, 4.69) is 10.3 Å². The number of nitrogens with one attached hydrogen (secondary N) is 1. The molecule has 0 aliphatic heterocycles. The summed E-state index contributed by atoms with van der Waals surface area (Å²) < 4.78 is 6.23.